The van der Waals surface area contributed by atoms with Gasteiger partial charge in [-0.1, -0.05) is 24.3 Å². The summed E-state index contributed by atoms with van der Waals surface area (Å²) in [4.78, 5) is 8.25. The van der Waals surface area contributed by atoms with Gasteiger partial charge in [-0.05, 0) is 29.1 Å². The minimum Gasteiger partial charge on any atom is -0.305 e. The molecule has 0 fully saturated rings. The van der Waals surface area contributed by atoms with E-state index in [0.717, 1.165) is 23.4 Å². The van der Waals surface area contributed by atoms with Gasteiger partial charge in [-0.3, -0.25) is 0 Å². The van der Waals surface area contributed by atoms with E-state index in [9.17, 15) is 13.2 Å². The molecule has 2 aromatic heterocycles. The van der Waals surface area contributed by atoms with E-state index in [1.807, 2.05) is 42.5 Å². The van der Waals surface area contributed by atoms with E-state index in [0.29, 0.717) is 11.3 Å². The average molecular weight is 569 g/mol. The van der Waals surface area contributed by atoms with E-state index in [1.165, 1.54) is 6.07 Å². The summed E-state index contributed by atoms with van der Waals surface area (Å²) in [7, 11) is 0. The zero-order chi connectivity index (χ0) is 19.8. The van der Waals surface area contributed by atoms with Crippen LogP contribution >= 0.6 is 0 Å². The molecule has 0 unspecified atom stereocenters. The van der Waals surface area contributed by atoms with E-state index in [-0.39, 0.29) is 20.1 Å². The Balaban J connectivity index is 0.000000207. The van der Waals surface area contributed by atoms with E-state index in [2.05, 4.69) is 22.1 Å². The Morgan fingerprint density at radius 1 is 0.655 bits per heavy atom. The largest absolute Gasteiger partial charge is 0.381 e. The molecule has 2 heterocycles. The molecule has 4 rings (SSSR count). The summed E-state index contributed by atoms with van der Waals surface area (Å²) in [5, 5.41) is 0. The SMILES string of the molecule is FC(F)(F)c1c[c-]c(-c2ccccn2)cc1.[Ir].[c-]1ccccc1-c1ccccn1. The maximum absolute atomic E-state index is 12.3. The maximum atomic E-state index is 12.3. The summed E-state index contributed by atoms with van der Waals surface area (Å²) in [6, 6.07) is 28.0. The zero-order valence-electron chi connectivity index (χ0n) is 15.0. The molecule has 0 saturated carbocycles. The number of nitrogens with zero attached hydrogens (tertiary/aromatic N) is 2. The summed E-state index contributed by atoms with van der Waals surface area (Å²) in [5.41, 5.74) is 2.47. The topological polar surface area (TPSA) is 25.8 Å². The number of aromatic nitrogens is 2. The molecule has 149 valence electrons. The standard InChI is InChI=1S/C12H7F3N.C11H8N.Ir/c13-12(14,15)10-6-4-9(5-7-10)11-3-1-2-8-16-11;1-2-6-10(7-3-1)11-8-4-5-9-12-11;/h1-4,6-8H;1-6,8-9H;/q2*-1;. The number of benzene rings is 2. The Kier molecular flexibility index (Phi) is 8.25. The second kappa shape index (κ2) is 10.6. The van der Waals surface area contributed by atoms with Crippen molar-refractivity contribution < 1.29 is 33.3 Å². The number of hydrogen-bond acceptors (Lipinski definition) is 2. The Bertz CT molecular complexity index is 938. The molecule has 1 radical (unpaired) electrons. The van der Waals surface area contributed by atoms with E-state index in [1.54, 1.807) is 30.6 Å². The Morgan fingerprint density at radius 3 is 1.66 bits per heavy atom. The minimum atomic E-state index is -4.32. The normalized spacial score (nSPS) is 10.3. The van der Waals surface area contributed by atoms with Crippen LogP contribution in [0.4, 0.5) is 13.2 Å². The van der Waals surface area contributed by atoms with E-state index >= 15 is 0 Å². The molecule has 0 N–H and O–H groups in total. The van der Waals surface area contributed by atoms with Crippen molar-refractivity contribution in [2.75, 3.05) is 0 Å². The molecule has 0 aliphatic carbocycles. The van der Waals surface area contributed by atoms with Gasteiger partial charge in [0.1, 0.15) is 0 Å². The third-order valence-electron chi connectivity index (χ3n) is 3.73. The molecular weight excluding hydrogens is 553 g/mol. The molecule has 2 nitrogen and oxygen atoms in total. The molecular formula is C23H15F3IrN2-2. The van der Waals surface area contributed by atoms with Crippen LogP contribution in [0.1, 0.15) is 5.56 Å². The second-order valence-electron chi connectivity index (χ2n) is 5.69. The maximum Gasteiger partial charge on any atom is 0.381 e. The van der Waals surface area contributed by atoms with Gasteiger partial charge >= 0.3 is 6.18 Å². The smallest absolute Gasteiger partial charge is 0.305 e. The van der Waals surface area contributed by atoms with Gasteiger partial charge in [-0.2, -0.15) is 13.2 Å². The fraction of sp³-hybridized carbons (Fsp3) is 0.0435. The Hall–Kier alpha value is -2.82. The predicted octanol–water partition coefficient (Wildman–Crippen LogP) is 6.11. The first kappa shape index (κ1) is 22.5. The van der Waals surface area contributed by atoms with E-state index in [4.69, 9.17) is 0 Å². The average Bonchev–Trinajstić information content (AvgIpc) is 2.76. The molecule has 0 amide bonds. The fourth-order valence-electron chi connectivity index (χ4n) is 2.36. The van der Waals surface area contributed by atoms with Gasteiger partial charge in [0.25, 0.3) is 0 Å². The molecule has 0 aliphatic heterocycles. The monoisotopic (exact) mass is 569 g/mol. The van der Waals surface area contributed by atoms with Gasteiger partial charge in [0.15, 0.2) is 0 Å². The third kappa shape index (κ3) is 6.63. The number of hydrogen-bond donors (Lipinski definition) is 0. The van der Waals surface area contributed by atoms with Crippen molar-refractivity contribution in [2.45, 2.75) is 6.18 Å². The first-order valence-corrected chi connectivity index (χ1v) is 8.42. The van der Waals surface area contributed by atoms with Gasteiger partial charge in [0.2, 0.25) is 0 Å². The molecule has 0 bridgehead atoms. The molecule has 0 aliphatic rings. The van der Waals surface area contributed by atoms with Crippen LogP contribution in [0.3, 0.4) is 0 Å². The van der Waals surface area contributed by atoms with Crippen molar-refractivity contribution in [1.29, 1.82) is 0 Å². The Labute approximate surface area is 180 Å². The summed E-state index contributed by atoms with van der Waals surface area (Å²) >= 11 is 0. The van der Waals surface area contributed by atoms with Crippen LogP contribution in [0.25, 0.3) is 22.5 Å². The summed E-state index contributed by atoms with van der Waals surface area (Å²) < 4.78 is 36.9. The molecule has 0 spiro atoms. The van der Waals surface area contributed by atoms with Crippen molar-refractivity contribution in [3.63, 3.8) is 0 Å². The van der Waals surface area contributed by atoms with Crippen LogP contribution in [0.15, 0.2) is 91.3 Å². The molecule has 0 atom stereocenters. The van der Waals surface area contributed by atoms with Gasteiger partial charge in [-0.15, -0.1) is 65.7 Å². The third-order valence-corrected chi connectivity index (χ3v) is 3.73. The van der Waals surface area contributed by atoms with E-state index < -0.39 is 11.7 Å². The zero-order valence-corrected chi connectivity index (χ0v) is 17.4. The molecule has 2 aromatic carbocycles. The van der Waals surface area contributed by atoms with Gasteiger partial charge in [0.05, 0.1) is 0 Å². The van der Waals surface area contributed by atoms with Crippen LogP contribution in [0, 0.1) is 12.1 Å². The fourth-order valence-corrected chi connectivity index (χ4v) is 2.36. The van der Waals surface area contributed by atoms with Crippen LogP contribution < -0.4 is 0 Å². The van der Waals surface area contributed by atoms with Crippen molar-refractivity contribution >= 4 is 0 Å². The van der Waals surface area contributed by atoms with Crippen LogP contribution in [0.2, 0.25) is 0 Å². The number of halogens is 3. The summed E-state index contributed by atoms with van der Waals surface area (Å²) in [6.45, 7) is 0. The van der Waals surface area contributed by atoms with Gasteiger partial charge in [-0.25, -0.2) is 0 Å². The van der Waals surface area contributed by atoms with Crippen molar-refractivity contribution in [3.8, 4) is 22.5 Å². The van der Waals surface area contributed by atoms with Crippen molar-refractivity contribution in [1.82, 2.24) is 9.97 Å². The molecule has 0 saturated heterocycles. The minimum absolute atomic E-state index is 0. The number of pyridine rings is 2. The van der Waals surface area contributed by atoms with Crippen LogP contribution in [0.5, 0.6) is 0 Å². The first-order valence-electron chi connectivity index (χ1n) is 8.42. The predicted molar refractivity (Wildman–Crippen MR) is 102 cm³/mol. The quantitative estimate of drug-likeness (QED) is 0.273. The van der Waals surface area contributed by atoms with Gasteiger partial charge < -0.3 is 9.97 Å². The van der Waals surface area contributed by atoms with Crippen molar-refractivity contribution in [3.05, 3.63) is 109 Å². The molecule has 4 aromatic rings. The number of alkyl halides is 3. The van der Waals surface area contributed by atoms with Crippen LogP contribution in [-0.4, -0.2) is 9.97 Å². The second-order valence-corrected chi connectivity index (χ2v) is 5.69. The summed E-state index contributed by atoms with van der Waals surface area (Å²) in [5.74, 6) is 0. The first-order chi connectivity index (χ1) is 13.5. The van der Waals surface area contributed by atoms with Crippen molar-refractivity contribution in [2.24, 2.45) is 0 Å². The number of rotatable bonds is 2. The van der Waals surface area contributed by atoms with Gasteiger partial charge in [0, 0.05) is 32.5 Å². The molecule has 6 heteroatoms. The molecule has 29 heavy (non-hydrogen) atoms. The summed E-state index contributed by atoms with van der Waals surface area (Å²) in [6.07, 6.45) is -0.948. The Morgan fingerprint density at radius 2 is 1.24 bits per heavy atom. The van der Waals surface area contributed by atoms with Crippen LogP contribution in [-0.2, 0) is 26.3 Å².